The van der Waals surface area contributed by atoms with Gasteiger partial charge in [-0.25, -0.2) is 0 Å². The van der Waals surface area contributed by atoms with Crippen LogP contribution < -0.4 is 4.74 Å². The Morgan fingerprint density at radius 2 is 2.00 bits per heavy atom. The molecule has 90 valence electrons. The van der Waals surface area contributed by atoms with Crippen molar-refractivity contribution in [3.8, 4) is 5.75 Å². The van der Waals surface area contributed by atoms with Gasteiger partial charge in [-0.2, -0.15) is 0 Å². The molecule has 17 heavy (non-hydrogen) atoms. The number of hydrogen-bond donors (Lipinski definition) is 0. The fourth-order valence-corrected chi connectivity index (χ4v) is 3.37. The van der Waals surface area contributed by atoms with Gasteiger partial charge in [-0.15, -0.1) is 22.9 Å². The molecular weight excluding hydrogens is 299 g/mol. The van der Waals surface area contributed by atoms with Gasteiger partial charge in [0.15, 0.2) is 0 Å². The molecule has 0 spiro atoms. The molecule has 1 aromatic carbocycles. The van der Waals surface area contributed by atoms with Crippen LogP contribution in [0.3, 0.4) is 0 Å². The molecule has 0 aliphatic carbocycles. The lowest BCUT2D eigenvalue weighted by atomic mass is 10.1. The predicted molar refractivity (Wildman–Crippen MR) is 75.0 cm³/mol. The molecule has 1 heterocycles. The standard InChI is InChI=1S/C12H9Cl3OS/c1-16-10-3-2-7(13)6-8(10)11(15)12-9(14)4-5-17-12/h2-6,11H,1H3. The molecule has 0 aliphatic rings. The first-order valence-electron chi connectivity index (χ1n) is 4.84. The molecule has 0 fully saturated rings. The van der Waals surface area contributed by atoms with Crippen LogP contribution in [0.25, 0.3) is 0 Å². The third kappa shape index (κ3) is 2.71. The maximum atomic E-state index is 6.42. The van der Waals surface area contributed by atoms with E-state index in [0.29, 0.717) is 15.8 Å². The molecule has 1 atom stereocenters. The molecular formula is C12H9Cl3OS. The van der Waals surface area contributed by atoms with Gasteiger partial charge in [0.2, 0.25) is 0 Å². The lowest BCUT2D eigenvalue weighted by Crippen LogP contribution is -1.96. The van der Waals surface area contributed by atoms with Gasteiger partial charge in [0.1, 0.15) is 5.75 Å². The number of hydrogen-bond acceptors (Lipinski definition) is 2. The summed E-state index contributed by atoms with van der Waals surface area (Å²) in [5, 5.41) is 2.84. The van der Waals surface area contributed by atoms with Crippen molar-refractivity contribution >= 4 is 46.1 Å². The number of rotatable bonds is 3. The van der Waals surface area contributed by atoms with Crippen molar-refractivity contribution in [3.05, 3.63) is 50.1 Å². The minimum absolute atomic E-state index is 0.351. The summed E-state index contributed by atoms with van der Waals surface area (Å²) in [6.45, 7) is 0. The summed E-state index contributed by atoms with van der Waals surface area (Å²) in [6.07, 6.45) is 0. The van der Waals surface area contributed by atoms with Gasteiger partial charge < -0.3 is 4.74 Å². The Morgan fingerprint density at radius 3 is 2.59 bits per heavy atom. The summed E-state index contributed by atoms with van der Waals surface area (Å²) in [6, 6.07) is 7.19. The van der Waals surface area contributed by atoms with Gasteiger partial charge in [0.05, 0.1) is 17.5 Å². The molecule has 2 aromatic rings. The van der Waals surface area contributed by atoms with Crippen molar-refractivity contribution in [1.29, 1.82) is 0 Å². The summed E-state index contributed by atoms with van der Waals surface area (Å²) in [5.74, 6) is 0.707. The Hall–Kier alpha value is -0.410. The number of alkyl halides is 1. The van der Waals surface area contributed by atoms with Crippen LogP contribution in [-0.4, -0.2) is 7.11 Å². The highest BCUT2D eigenvalue weighted by atomic mass is 35.5. The Kier molecular flexibility index (Phi) is 4.21. The smallest absolute Gasteiger partial charge is 0.124 e. The summed E-state index contributed by atoms with van der Waals surface area (Å²) in [4.78, 5) is 0.897. The van der Waals surface area contributed by atoms with Crippen molar-refractivity contribution in [1.82, 2.24) is 0 Å². The van der Waals surface area contributed by atoms with Crippen molar-refractivity contribution in [2.45, 2.75) is 5.38 Å². The van der Waals surface area contributed by atoms with E-state index in [9.17, 15) is 0 Å². The van der Waals surface area contributed by atoms with Crippen molar-refractivity contribution in [2.75, 3.05) is 7.11 Å². The quantitative estimate of drug-likeness (QED) is 0.691. The summed E-state index contributed by atoms with van der Waals surface area (Å²) in [5.41, 5.74) is 0.825. The first-order chi connectivity index (χ1) is 8.13. The van der Waals surface area contributed by atoms with Crippen LogP contribution in [0.15, 0.2) is 29.6 Å². The Bertz CT molecular complexity index is 524. The highest BCUT2D eigenvalue weighted by Gasteiger charge is 2.19. The van der Waals surface area contributed by atoms with Crippen LogP contribution in [0.1, 0.15) is 15.8 Å². The second kappa shape index (κ2) is 5.49. The number of halogens is 3. The second-order valence-corrected chi connectivity index (χ2v) is 5.61. The number of thiophene rings is 1. The molecule has 0 saturated heterocycles. The first kappa shape index (κ1) is 13.0. The molecule has 0 saturated carbocycles. The molecule has 1 aromatic heterocycles. The van der Waals surface area contributed by atoms with Gasteiger partial charge in [0.25, 0.3) is 0 Å². The summed E-state index contributed by atoms with van der Waals surface area (Å²) < 4.78 is 5.28. The van der Waals surface area contributed by atoms with Gasteiger partial charge in [-0.05, 0) is 29.6 Å². The number of benzene rings is 1. The molecule has 0 N–H and O–H groups in total. The van der Waals surface area contributed by atoms with Gasteiger partial charge in [-0.1, -0.05) is 23.2 Å². The summed E-state index contributed by atoms with van der Waals surface area (Å²) >= 11 is 20.0. The Labute approximate surface area is 119 Å². The van der Waals surface area contributed by atoms with E-state index in [1.807, 2.05) is 11.4 Å². The van der Waals surface area contributed by atoms with E-state index in [-0.39, 0.29) is 5.38 Å². The minimum Gasteiger partial charge on any atom is -0.496 e. The molecule has 1 nitrogen and oxygen atoms in total. The summed E-state index contributed by atoms with van der Waals surface area (Å²) in [7, 11) is 1.60. The van der Waals surface area contributed by atoms with Crippen LogP contribution in [0.5, 0.6) is 5.75 Å². The fraction of sp³-hybridized carbons (Fsp3) is 0.167. The Morgan fingerprint density at radius 1 is 1.24 bits per heavy atom. The van der Waals surface area contributed by atoms with Crippen LogP contribution in [0.2, 0.25) is 10.0 Å². The van der Waals surface area contributed by atoms with E-state index in [1.165, 1.54) is 11.3 Å². The van der Waals surface area contributed by atoms with Gasteiger partial charge >= 0.3 is 0 Å². The molecule has 0 amide bonds. The molecule has 0 aliphatic heterocycles. The zero-order chi connectivity index (χ0) is 12.4. The zero-order valence-corrected chi connectivity index (χ0v) is 12.0. The SMILES string of the molecule is COc1ccc(Cl)cc1C(Cl)c1sccc1Cl. The van der Waals surface area contributed by atoms with Gasteiger partial charge in [0, 0.05) is 15.5 Å². The van der Waals surface area contributed by atoms with E-state index in [4.69, 9.17) is 39.5 Å². The Balaban J connectivity index is 2.46. The third-order valence-electron chi connectivity index (χ3n) is 2.34. The van der Waals surface area contributed by atoms with Gasteiger partial charge in [-0.3, -0.25) is 0 Å². The van der Waals surface area contributed by atoms with Crippen LogP contribution in [0.4, 0.5) is 0 Å². The fourth-order valence-electron chi connectivity index (χ4n) is 1.53. The highest BCUT2D eigenvalue weighted by Crippen LogP contribution is 2.41. The zero-order valence-electron chi connectivity index (χ0n) is 8.91. The first-order valence-corrected chi connectivity index (χ1v) is 6.91. The van der Waals surface area contributed by atoms with Crippen LogP contribution in [-0.2, 0) is 0 Å². The van der Waals surface area contributed by atoms with Crippen LogP contribution in [0, 0.1) is 0 Å². The molecule has 2 rings (SSSR count). The third-order valence-corrected chi connectivity index (χ3v) is 4.58. The largest absolute Gasteiger partial charge is 0.496 e. The van der Waals surface area contributed by atoms with E-state index < -0.39 is 0 Å². The topological polar surface area (TPSA) is 9.23 Å². The highest BCUT2D eigenvalue weighted by molar-refractivity contribution is 7.11. The number of methoxy groups -OCH3 is 1. The lowest BCUT2D eigenvalue weighted by molar-refractivity contribution is 0.410. The predicted octanol–water partition coefficient (Wildman–Crippen LogP) is 5.39. The average molecular weight is 308 g/mol. The van der Waals surface area contributed by atoms with E-state index in [2.05, 4.69) is 0 Å². The maximum absolute atomic E-state index is 6.42. The minimum atomic E-state index is -0.351. The molecule has 0 bridgehead atoms. The van der Waals surface area contributed by atoms with E-state index >= 15 is 0 Å². The van der Waals surface area contributed by atoms with Crippen molar-refractivity contribution < 1.29 is 4.74 Å². The van der Waals surface area contributed by atoms with E-state index in [1.54, 1.807) is 25.3 Å². The molecule has 1 unspecified atom stereocenters. The van der Waals surface area contributed by atoms with Crippen LogP contribution >= 0.6 is 46.1 Å². The average Bonchev–Trinajstić information content (AvgIpc) is 2.74. The van der Waals surface area contributed by atoms with E-state index in [0.717, 1.165) is 10.4 Å². The van der Waals surface area contributed by atoms with Crippen molar-refractivity contribution in [2.24, 2.45) is 0 Å². The number of ether oxygens (including phenoxy) is 1. The van der Waals surface area contributed by atoms with Crippen molar-refractivity contribution in [3.63, 3.8) is 0 Å². The normalized spacial score (nSPS) is 12.5. The molecule has 0 radical (unpaired) electrons. The molecule has 5 heteroatoms. The maximum Gasteiger partial charge on any atom is 0.124 e. The monoisotopic (exact) mass is 306 g/mol. The second-order valence-electron chi connectivity index (χ2n) is 3.38. The lowest BCUT2D eigenvalue weighted by Gasteiger charge is -2.13.